The van der Waals surface area contributed by atoms with Gasteiger partial charge >= 0.3 is 0 Å². The number of amides is 1. The van der Waals surface area contributed by atoms with Crippen molar-refractivity contribution in [2.45, 2.75) is 45.8 Å². The number of hydrogen-bond acceptors (Lipinski definition) is 3. The summed E-state index contributed by atoms with van der Waals surface area (Å²) in [5, 5.41) is 14.4. The minimum Gasteiger partial charge on any atom is -0.393 e. The minimum absolute atomic E-state index is 0.0700. The first-order valence-corrected chi connectivity index (χ1v) is 7.68. The highest BCUT2D eigenvalue weighted by Gasteiger charge is 2.43. The van der Waals surface area contributed by atoms with Crippen LogP contribution in [0.3, 0.4) is 0 Å². The Bertz CT molecular complexity index is 511. The molecule has 1 aromatic heterocycles. The van der Waals surface area contributed by atoms with Gasteiger partial charge in [-0.15, -0.1) is 0 Å². The quantitative estimate of drug-likeness (QED) is 0.906. The molecule has 1 aromatic rings. The van der Waals surface area contributed by atoms with Gasteiger partial charge in [0.15, 0.2) is 0 Å². The lowest BCUT2D eigenvalue weighted by Gasteiger charge is -2.18. The van der Waals surface area contributed by atoms with Crippen molar-refractivity contribution in [3.63, 3.8) is 0 Å². The molecule has 0 spiro atoms. The Hall–Kier alpha value is -1.36. The number of fused-ring (bicyclic) bond motifs is 1. The zero-order chi connectivity index (χ0) is 14.3. The third-order valence-electron chi connectivity index (χ3n) is 4.82. The van der Waals surface area contributed by atoms with E-state index in [0.29, 0.717) is 24.7 Å². The van der Waals surface area contributed by atoms with Gasteiger partial charge in [0.25, 0.3) is 5.91 Å². The fourth-order valence-electron chi connectivity index (χ4n) is 3.62. The molecule has 3 rings (SSSR count). The first kappa shape index (κ1) is 13.6. The molecular formula is C15H23N3O2. The van der Waals surface area contributed by atoms with Gasteiger partial charge in [-0.1, -0.05) is 6.92 Å². The average Bonchev–Trinajstić information content (AvgIpc) is 3.13. The van der Waals surface area contributed by atoms with Crippen molar-refractivity contribution in [1.29, 1.82) is 0 Å². The predicted octanol–water partition coefficient (Wildman–Crippen LogP) is 1.31. The lowest BCUT2D eigenvalue weighted by Crippen LogP contribution is -2.32. The van der Waals surface area contributed by atoms with Crippen LogP contribution in [0.4, 0.5) is 0 Å². The number of hydrogen-bond donors (Lipinski definition) is 1. The maximum absolute atomic E-state index is 12.7. The van der Waals surface area contributed by atoms with Crippen molar-refractivity contribution >= 4 is 5.91 Å². The number of aryl methyl sites for hydroxylation is 2. The predicted molar refractivity (Wildman–Crippen MR) is 75.4 cm³/mol. The first-order chi connectivity index (χ1) is 9.63. The second-order valence-electron chi connectivity index (χ2n) is 5.97. The number of rotatable bonds is 3. The highest BCUT2D eigenvalue weighted by atomic mass is 16.3. The van der Waals surface area contributed by atoms with Crippen molar-refractivity contribution in [3.8, 4) is 0 Å². The summed E-state index contributed by atoms with van der Waals surface area (Å²) in [6, 6.07) is 1.91. The van der Waals surface area contributed by atoms with Crippen LogP contribution in [-0.4, -0.2) is 44.9 Å². The number of carbonyl (C=O) groups excluding carboxylic acids is 1. The third kappa shape index (κ3) is 2.14. The number of nitrogens with zero attached hydrogens (tertiary/aromatic N) is 3. The second-order valence-corrected chi connectivity index (χ2v) is 5.97. The van der Waals surface area contributed by atoms with Crippen LogP contribution in [-0.2, 0) is 13.0 Å². The van der Waals surface area contributed by atoms with Crippen LogP contribution in [0.1, 0.15) is 42.9 Å². The monoisotopic (exact) mass is 277 g/mol. The topological polar surface area (TPSA) is 58.4 Å². The molecule has 0 radical (unpaired) electrons. The van der Waals surface area contributed by atoms with Gasteiger partial charge in [0, 0.05) is 25.6 Å². The zero-order valence-electron chi connectivity index (χ0n) is 12.2. The summed E-state index contributed by atoms with van der Waals surface area (Å²) in [6.07, 6.45) is 2.56. The molecule has 3 atom stereocenters. The Balaban J connectivity index is 1.78. The molecule has 5 heteroatoms. The molecular weight excluding hydrogens is 254 g/mol. The van der Waals surface area contributed by atoms with Crippen LogP contribution < -0.4 is 0 Å². The number of aliphatic hydroxyl groups excluding tert-OH is 1. The smallest absolute Gasteiger partial charge is 0.272 e. The highest BCUT2D eigenvalue weighted by Crippen LogP contribution is 2.38. The molecule has 1 saturated carbocycles. The fraction of sp³-hybridized carbons (Fsp3) is 0.733. The van der Waals surface area contributed by atoms with E-state index in [1.807, 2.05) is 24.8 Å². The lowest BCUT2D eigenvalue weighted by atomic mass is 10.00. The number of likely N-dealkylation sites (tertiary alicyclic amines) is 1. The minimum atomic E-state index is -0.222. The van der Waals surface area contributed by atoms with E-state index in [0.717, 1.165) is 31.5 Å². The molecule has 20 heavy (non-hydrogen) atoms. The SMILES string of the molecule is CCc1cc(C(=O)N2CC3CCC(O)C3C2)n(CC)n1. The Morgan fingerprint density at radius 2 is 2.20 bits per heavy atom. The molecule has 1 saturated heterocycles. The van der Waals surface area contributed by atoms with Crippen molar-refractivity contribution in [2.24, 2.45) is 11.8 Å². The number of aliphatic hydroxyl groups is 1. The van der Waals surface area contributed by atoms with Gasteiger partial charge < -0.3 is 10.0 Å². The van der Waals surface area contributed by atoms with Crippen LogP contribution >= 0.6 is 0 Å². The van der Waals surface area contributed by atoms with Crippen LogP contribution in [0.2, 0.25) is 0 Å². The van der Waals surface area contributed by atoms with Gasteiger partial charge in [0.05, 0.1) is 11.8 Å². The van der Waals surface area contributed by atoms with Crippen molar-refractivity contribution in [3.05, 3.63) is 17.5 Å². The Morgan fingerprint density at radius 1 is 1.40 bits per heavy atom. The molecule has 2 fully saturated rings. The molecule has 5 nitrogen and oxygen atoms in total. The summed E-state index contributed by atoms with van der Waals surface area (Å²) in [7, 11) is 0. The van der Waals surface area contributed by atoms with Gasteiger partial charge in [0.2, 0.25) is 0 Å². The van der Waals surface area contributed by atoms with Gasteiger partial charge in [-0.3, -0.25) is 9.48 Å². The van der Waals surface area contributed by atoms with E-state index < -0.39 is 0 Å². The fourth-order valence-corrected chi connectivity index (χ4v) is 3.62. The standard InChI is InChI=1S/C15H23N3O2/c1-3-11-7-13(18(4-2)16-11)15(20)17-8-10-5-6-14(19)12(10)9-17/h7,10,12,14,19H,3-6,8-9H2,1-2H3. The van der Waals surface area contributed by atoms with Crippen molar-refractivity contribution in [2.75, 3.05) is 13.1 Å². The average molecular weight is 277 g/mol. The third-order valence-corrected chi connectivity index (χ3v) is 4.82. The highest BCUT2D eigenvalue weighted by molar-refractivity contribution is 5.93. The van der Waals surface area contributed by atoms with Crippen LogP contribution in [0.5, 0.6) is 0 Å². The van der Waals surface area contributed by atoms with E-state index in [4.69, 9.17) is 0 Å². The molecule has 1 amide bonds. The molecule has 0 bridgehead atoms. The van der Waals surface area contributed by atoms with Crippen LogP contribution in [0.15, 0.2) is 6.07 Å². The molecule has 0 aromatic carbocycles. The number of carbonyl (C=O) groups is 1. The summed E-state index contributed by atoms with van der Waals surface area (Å²) in [6.45, 7) is 6.25. The molecule has 1 aliphatic heterocycles. The Labute approximate surface area is 119 Å². The molecule has 110 valence electrons. The maximum atomic E-state index is 12.7. The van der Waals surface area contributed by atoms with Gasteiger partial charge in [-0.25, -0.2) is 0 Å². The Kier molecular flexibility index (Phi) is 3.54. The summed E-state index contributed by atoms with van der Waals surface area (Å²) < 4.78 is 1.80. The normalized spacial score (nSPS) is 28.9. The molecule has 3 unspecified atom stereocenters. The molecule has 1 aliphatic carbocycles. The summed E-state index contributed by atoms with van der Waals surface area (Å²) in [5.41, 5.74) is 1.66. The van der Waals surface area contributed by atoms with E-state index in [2.05, 4.69) is 5.10 Å². The lowest BCUT2D eigenvalue weighted by molar-refractivity contribution is 0.0740. The summed E-state index contributed by atoms with van der Waals surface area (Å²) in [5.74, 6) is 0.834. The van der Waals surface area contributed by atoms with E-state index in [-0.39, 0.29) is 17.9 Å². The maximum Gasteiger partial charge on any atom is 0.272 e. The van der Waals surface area contributed by atoms with Gasteiger partial charge in [-0.2, -0.15) is 5.10 Å². The number of aromatic nitrogens is 2. The largest absolute Gasteiger partial charge is 0.393 e. The van der Waals surface area contributed by atoms with Crippen molar-refractivity contribution in [1.82, 2.24) is 14.7 Å². The van der Waals surface area contributed by atoms with Crippen LogP contribution in [0, 0.1) is 11.8 Å². The second kappa shape index (κ2) is 5.20. The van der Waals surface area contributed by atoms with E-state index >= 15 is 0 Å². The van der Waals surface area contributed by atoms with E-state index in [1.165, 1.54) is 0 Å². The molecule has 1 N–H and O–H groups in total. The van der Waals surface area contributed by atoms with Gasteiger partial charge in [0.1, 0.15) is 5.69 Å². The van der Waals surface area contributed by atoms with Gasteiger partial charge in [-0.05, 0) is 38.2 Å². The Morgan fingerprint density at radius 3 is 2.85 bits per heavy atom. The van der Waals surface area contributed by atoms with E-state index in [1.54, 1.807) is 4.68 Å². The molecule has 2 aliphatic rings. The molecule has 2 heterocycles. The van der Waals surface area contributed by atoms with Crippen LogP contribution in [0.25, 0.3) is 0 Å². The summed E-state index contributed by atoms with van der Waals surface area (Å²) >= 11 is 0. The van der Waals surface area contributed by atoms with E-state index in [9.17, 15) is 9.90 Å². The zero-order valence-corrected chi connectivity index (χ0v) is 12.2. The summed E-state index contributed by atoms with van der Waals surface area (Å²) in [4.78, 5) is 14.6. The van der Waals surface area contributed by atoms with Crippen molar-refractivity contribution < 1.29 is 9.90 Å². The first-order valence-electron chi connectivity index (χ1n) is 7.68.